The number of halogens is 1. The van der Waals surface area contributed by atoms with Crippen molar-refractivity contribution in [2.75, 3.05) is 13.1 Å². The molecule has 0 radical (unpaired) electrons. The minimum absolute atomic E-state index is 0.0171. The van der Waals surface area contributed by atoms with Gasteiger partial charge in [-0.1, -0.05) is 11.6 Å². The van der Waals surface area contributed by atoms with Crippen LogP contribution >= 0.6 is 11.6 Å². The maximum atomic E-state index is 10.8. The van der Waals surface area contributed by atoms with Gasteiger partial charge in [-0.3, -0.25) is 10.1 Å². The Balaban J connectivity index is 2.06. The molecule has 0 aliphatic carbocycles. The summed E-state index contributed by atoms with van der Waals surface area (Å²) in [6.07, 6.45) is 1.09. The quantitative estimate of drug-likeness (QED) is 0.662. The minimum Gasteiger partial charge on any atom is -0.372 e. The van der Waals surface area contributed by atoms with E-state index in [1.165, 1.54) is 6.07 Å². The number of rotatable bonds is 4. The molecule has 1 saturated heterocycles. The van der Waals surface area contributed by atoms with E-state index in [1.54, 1.807) is 12.1 Å². The lowest BCUT2D eigenvalue weighted by Crippen LogP contribution is -2.16. The summed E-state index contributed by atoms with van der Waals surface area (Å²) in [6, 6.07) is 4.64. The van der Waals surface area contributed by atoms with Crippen molar-refractivity contribution in [3.05, 3.63) is 38.9 Å². The van der Waals surface area contributed by atoms with Gasteiger partial charge in [0, 0.05) is 17.6 Å². The summed E-state index contributed by atoms with van der Waals surface area (Å²) >= 11 is 5.73. The normalized spacial score (nSPS) is 19.5. The van der Waals surface area contributed by atoms with Crippen LogP contribution in [0.15, 0.2) is 18.2 Å². The van der Waals surface area contributed by atoms with Crippen LogP contribution in [0.1, 0.15) is 12.0 Å². The third-order valence-corrected chi connectivity index (χ3v) is 2.97. The number of benzene rings is 1. The number of hydrogen-bond acceptors (Lipinski definition) is 4. The molecule has 92 valence electrons. The van der Waals surface area contributed by atoms with E-state index < -0.39 is 4.92 Å². The molecule has 1 aromatic rings. The first-order chi connectivity index (χ1) is 8.16. The van der Waals surface area contributed by atoms with Crippen molar-refractivity contribution in [2.45, 2.75) is 19.1 Å². The molecule has 1 aliphatic rings. The van der Waals surface area contributed by atoms with Gasteiger partial charge in [-0.15, -0.1) is 0 Å². The minimum atomic E-state index is -0.433. The number of nitro groups is 1. The van der Waals surface area contributed by atoms with E-state index in [-0.39, 0.29) is 18.4 Å². The van der Waals surface area contributed by atoms with Gasteiger partial charge in [0.05, 0.1) is 23.2 Å². The van der Waals surface area contributed by atoms with Gasteiger partial charge < -0.3 is 10.1 Å². The fourth-order valence-corrected chi connectivity index (χ4v) is 1.97. The number of hydrogen-bond donors (Lipinski definition) is 1. The van der Waals surface area contributed by atoms with Crippen molar-refractivity contribution in [1.29, 1.82) is 0 Å². The van der Waals surface area contributed by atoms with Crippen LogP contribution in [0, 0.1) is 10.1 Å². The fourth-order valence-electron chi connectivity index (χ4n) is 1.81. The van der Waals surface area contributed by atoms with Crippen LogP contribution in [0.2, 0.25) is 5.02 Å². The van der Waals surface area contributed by atoms with E-state index in [9.17, 15) is 10.1 Å². The number of nitrogens with one attached hydrogen (secondary N) is 1. The van der Waals surface area contributed by atoms with E-state index in [0.717, 1.165) is 19.5 Å². The summed E-state index contributed by atoms with van der Waals surface area (Å²) in [5, 5.41) is 14.4. The van der Waals surface area contributed by atoms with Gasteiger partial charge in [0.1, 0.15) is 0 Å². The summed E-state index contributed by atoms with van der Waals surface area (Å²) < 4.78 is 5.61. The largest absolute Gasteiger partial charge is 0.372 e. The first-order valence-electron chi connectivity index (χ1n) is 5.42. The molecule has 1 atom stereocenters. The van der Waals surface area contributed by atoms with Crippen LogP contribution in [0.5, 0.6) is 0 Å². The predicted octanol–water partition coefficient (Wildman–Crippen LogP) is 2.13. The molecule has 2 rings (SSSR count). The van der Waals surface area contributed by atoms with E-state index in [0.29, 0.717) is 10.6 Å². The number of nitrogens with zero attached hydrogens (tertiary/aromatic N) is 1. The lowest BCUT2D eigenvalue weighted by Gasteiger charge is -2.10. The maximum absolute atomic E-state index is 10.8. The van der Waals surface area contributed by atoms with Gasteiger partial charge in [0.25, 0.3) is 5.69 Å². The molecule has 0 bridgehead atoms. The Morgan fingerprint density at radius 2 is 2.41 bits per heavy atom. The van der Waals surface area contributed by atoms with Crippen LogP contribution in [0.3, 0.4) is 0 Å². The van der Waals surface area contributed by atoms with Gasteiger partial charge in [-0.25, -0.2) is 0 Å². The molecule has 0 aromatic heterocycles. The number of ether oxygens (including phenoxy) is 1. The predicted molar refractivity (Wildman–Crippen MR) is 64.2 cm³/mol. The summed E-state index contributed by atoms with van der Waals surface area (Å²) in [7, 11) is 0. The zero-order valence-electron chi connectivity index (χ0n) is 9.19. The SMILES string of the molecule is O=[N+]([O-])c1cc(Cl)ccc1COC1CCNC1. The Hall–Kier alpha value is -1.17. The standard InChI is InChI=1S/C11H13ClN2O3/c12-9-2-1-8(11(5-9)14(15)16)7-17-10-3-4-13-6-10/h1-2,5,10,13H,3-4,6-7H2. The molecule has 5 nitrogen and oxygen atoms in total. The highest BCUT2D eigenvalue weighted by molar-refractivity contribution is 6.30. The van der Waals surface area contributed by atoms with E-state index >= 15 is 0 Å². The van der Waals surface area contributed by atoms with Crippen molar-refractivity contribution in [2.24, 2.45) is 0 Å². The molecule has 1 heterocycles. The van der Waals surface area contributed by atoms with E-state index in [1.807, 2.05) is 0 Å². The van der Waals surface area contributed by atoms with Crippen molar-refractivity contribution >= 4 is 17.3 Å². The maximum Gasteiger partial charge on any atom is 0.276 e. The second kappa shape index (κ2) is 5.44. The van der Waals surface area contributed by atoms with Gasteiger partial charge in [0.2, 0.25) is 0 Å². The molecule has 6 heteroatoms. The molecule has 0 saturated carbocycles. The second-order valence-corrected chi connectivity index (χ2v) is 4.39. The Bertz CT molecular complexity index is 419. The molecule has 1 aliphatic heterocycles. The molecule has 1 N–H and O–H groups in total. The van der Waals surface area contributed by atoms with Crippen LogP contribution < -0.4 is 5.32 Å². The average molecular weight is 257 g/mol. The number of nitro benzene ring substituents is 1. The molecule has 1 unspecified atom stereocenters. The van der Waals surface area contributed by atoms with Gasteiger partial charge in [0.15, 0.2) is 0 Å². The summed E-state index contributed by atoms with van der Waals surface area (Å²) in [5.74, 6) is 0. The summed E-state index contributed by atoms with van der Waals surface area (Å²) in [4.78, 5) is 10.4. The second-order valence-electron chi connectivity index (χ2n) is 3.96. The van der Waals surface area contributed by atoms with Gasteiger partial charge >= 0.3 is 0 Å². The van der Waals surface area contributed by atoms with Crippen molar-refractivity contribution in [3.8, 4) is 0 Å². The van der Waals surface area contributed by atoms with Crippen LogP contribution in [0.4, 0.5) is 5.69 Å². The Morgan fingerprint density at radius 1 is 1.59 bits per heavy atom. The smallest absolute Gasteiger partial charge is 0.276 e. The fraction of sp³-hybridized carbons (Fsp3) is 0.455. The average Bonchev–Trinajstić information content (AvgIpc) is 2.80. The van der Waals surface area contributed by atoms with Crippen LogP contribution in [-0.2, 0) is 11.3 Å². The molecule has 1 fully saturated rings. The molecule has 0 spiro atoms. The van der Waals surface area contributed by atoms with E-state index in [2.05, 4.69) is 5.32 Å². The summed E-state index contributed by atoms with van der Waals surface area (Å²) in [5.41, 5.74) is 0.578. The Kier molecular flexibility index (Phi) is 3.93. The summed E-state index contributed by atoms with van der Waals surface area (Å²) in [6.45, 7) is 1.99. The lowest BCUT2D eigenvalue weighted by atomic mass is 10.2. The van der Waals surface area contributed by atoms with Crippen LogP contribution in [0.25, 0.3) is 0 Å². The lowest BCUT2D eigenvalue weighted by molar-refractivity contribution is -0.386. The monoisotopic (exact) mass is 256 g/mol. The molecule has 17 heavy (non-hydrogen) atoms. The third-order valence-electron chi connectivity index (χ3n) is 2.73. The zero-order valence-corrected chi connectivity index (χ0v) is 9.94. The van der Waals surface area contributed by atoms with Crippen molar-refractivity contribution in [1.82, 2.24) is 5.32 Å². The highest BCUT2D eigenvalue weighted by Crippen LogP contribution is 2.24. The van der Waals surface area contributed by atoms with Crippen LogP contribution in [-0.4, -0.2) is 24.1 Å². The van der Waals surface area contributed by atoms with E-state index in [4.69, 9.17) is 16.3 Å². The van der Waals surface area contributed by atoms with Gasteiger partial charge in [-0.2, -0.15) is 0 Å². The van der Waals surface area contributed by atoms with Gasteiger partial charge in [-0.05, 0) is 25.1 Å². The molecule has 0 amide bonds. The first kappa shape index (κ1) is 12.3. The topological polar surface area (TPSA) is 64.4 Å². The Morgan fingerprint density at radius 3 is 3.06 bits per heavy atom. The Labute approximate surface area is 104 Å². The highest BCUT2D eigenvalue weighted by Gasteiger charge is 2.18. The third kappa shape index (κ3) is 3.15. The highest BCUT2D eigenvalue weighted by atomic mass is 35.5. The van der Waals surface area contributed by atoms with Crippen molar-refractivity contribution < 1.29 is 9.66 Å². The first-order valence-corrected chi connectivity index (χ1v) is 5.80. The molecular weight excluding hydrogens is 244 g/mol. The molecular formula is C11H13ClN2O3. The molecule has 1 aromatic carbocycles. The van der Waals surface area contributed by atoms with Crippen molar-refractivity contribution in [3.63, 3.8) is 0 Å². The zero-order chi connectivity index (χ0) is 12.3.